The Labute approximate surface area is 127 Å². The van der Waals surface area contributed by atoms with Crippen molar-refractivity contribution in [1.82, 2.24) is 5.32 Å². The van der Waals surface area contributed by atoms with E-state index in [1.54, 1.807) is 0 Å². The first-order chi connectivity index (χ1) is 9.81. The maximum absolute atomic E-state index is 11.9. The molecule has 0 fully saturated rings. The van der Waals surface area contributed by atoms with Gasteiger partial charge in [-0.2, -0.15) is 0 Å². The minimum Gasteiger partial charge on any atom is -0.395 e. The SMILES string of the molecule is CC(NC(=O)CC(C)(C)C)c1ccc(C#CCCO)cc1. The van der Waals surface area contributed by atoms with Gasteiger partial charge in [0, 0.05) is 18.4 Å². The van der Waals surface area contributed by atoms with Gasteiger partial charge in [-0.15, -0.1) is 0 Å². The minimum atomic E-state index is -0.0145. The summed E-state index contributed by atoms with van der Waals surface area (Å²) in [7, 11) is 0. The highest BCUT2D eigenvalue weighted by Gasteiger charge is 2.17. The number of amides is 1. The fourth-order valence-electron chi connectivity index (χ4n) is 1.93. The van der Waals surface area contributed by atoms with Gasteiger partial charge in [0.2, 0.25) is 5.91 Å². The molecule has 0 aliphatic heterocycles. The third-order valence-electron chi connectivity index (χ3n) is 2.95. The summed E-state index contributed by atoms with van der Waals surface area (Å²) in [6.45, 7) is 8.22. The highest BCUT2D eigenvalue weighted by molar-refractivity contribution is 5.77. The van der Waals surface area contributed by atoms with Crippen LogP contribution in [0.15, 0.2) is 24.3 Å². The monoisotopic (exact) mass is 287 g/mol. The number of benzene rings is 1. The Morgan fingerprint density at radius 1 is 1.29 bits per heavy atom. The lowest BCUT2D eigenvalue weighted by Gasteiger charge is -2.20. The van der Waals surface area contributed by atoms with Gasteiger partial charge in [-0.05, 0) is 30.0 Å². The van der Waals surface area contributed by atoms with Crippen molar-refractivity contribution in [3.05, 3.63) is 35.4 Å². The summed E-state index contributed by atoms with van der Waals surface area (Å²) in [6.07, 6.45) is 1.00. The second-order valence-electron chi connectivity index (χ2n) is 6.42. The van der Waals surface area contributed by atoms with Gasteiger partial charge in [0.25, 0.3) is 0 Å². The Bertz CT molecular complexity index is 515. The number of rotatable bonds is 4. The van der Waals surface area contributed by atoms with Crippen LogP contribution in [0.4, 0.5) is 0 Å². The lowest BCUT2D eigenvalue weighted by Crippen LogP contribution is -2.29. The molecule has 0 aromatic heterocycles. The fourth-order valence-corrected chi connectivity index (χ4v) is 1.93. The van der Waals surface area contributed by atoms with E-state index < -0.39 is 0 Å². The smallest absolute Gasteiger partial charge is 0.220 e. The Morgan fingerprint density at radius 3 is 2.43 bits per heavy atom. The Balaban J connectivity index is 2.61. The van der Waals surface area contributed by atoms with Gasteiger partial charge in [0.05, 0.1) is 12.6 Å². The van der Waals surface area contributed by atoms with Gasteiger partial charge in [-0.1, -0.05) is 44.7 Å². The molecule has 0 aliphatic carbocycles. The molecule has 2 N–H and O–H groups in total. The number of hydrogen-bond donors (Lipinski definition) is 2. The van der Waals surface area contributed by atoms with E-state index in [4.69, 9.17) is 5.11 Å². The molecular weight excluding hydrogens is 262 g/mol. The van der Waals surface area contributed by atoms with Crippen LogP contribution in [-0.4, -0.2) is 17.6 Å². The number of carbonyl (C=O) groups is 1. The molecule has 114 valence electrons. The van der Waals surface area contributed by atoms with Crippen molar-refractivity contribution >= 4 is 5.91 Å². The summed E-state index contributed by atoms with van der Waals surface area (Å²) in [4.78, 5) is 11.9. The van der Waals surface area contributed by atoms with E-state index in [-0.39, 0.29) is 24.0 Å². The number of aliphatic hydroxyl groups is 1. The average molecular weight is 287 g/mol. The first-order valence-electron chi connectivity index (χ1n) is 7.31. The van der Waals surface area contributed by atoms with E-state index in [0.29, 0.717) is 12.8 Å². The Morgan fingerprint density at radius 2 is 1.90 bits per heavy atom. The van der Waals surface area contributed by atoms with E-state index in [1.165, 1.54) is 0 Å². The van der Waals surface area contributed by atoms with Crippen LogP contribution >= 0.6 is 0 Å². The molecule has 0 spiro atoms. The minimum absolute atomic E-state index is 0.00401. The maximum Gasteiger partial charge on any atom is 0.220 e. The molecular formula is C18H25NO2. The highest BCUT2D eigenvalue weighted by Crippen LogP contribution is 2.19. The van der Waals surface area contributed by atoms with Crippen molar-refractivity contribution in [2.45, 2.75) is 46.6 Å². The molecule has 1 aromatic rings. The number of carbonyl (C=O) groups excluding carboxylic acids is 1. The third kappa shape index (κ3) is 6.97. The van der Waals surface area contributed by atoms with Crippen LogP contribution in [-0.2, 0) is 4.79 Å². The van der Waals surface area contributed by atoms with E-state index in [1.807, 2.05) is 31.2 Å². The number of nitrogens with one attached hydrogen (secondary N) is 1. The molecule has 1 aromatic carbocycles. The summed E-state index contributed by atoms with van der Waals surface area (Å²) < 4.78 is 0. The topological polar surface area (TPSA) is 49.3 Å². The molecule has 1 unspecified atom stereocenters. The molecule has 3 nitrogen and oxygen atoms in total. The molecule has 0 saturated carbocycles. The standard InChI is InChI=1S/C18H25NO2/c1-14(19-17(21)13-18(2,3)4)16-10-8-15(9-11-16)7-5-6-12-20/h8-11,14,20H,6,12-13H2,1-4H3,(H,19,21). The van der Waals surface area contributed by atoms with Crippen LogP contribution in [0.1, 0.15) is 57.7 Å². The van der Waals surface area contributed by atoms with E-state index in [0.717, 1.165) is 11.1 Å². The molecule has 0 aliphatic rings. The molecule has 21 heavy (non-hydrogen) atoms. The molecule has 1 amide bonds. The highest BCUT2D eigenvalue weighted by atomic mass is 16.2. The van der Waals surface area contributed by atoms with Crippen LogP contribution in [0, 0.1) is 17.3 Å². The molecule has 0 radical (unpaired) electrons. The second kappa shape index (κ2) is 7.85. The zero-order chi connectivity index (χ0) is 15.9. The van der Waals surface area contributed by atoms with Gasteiger partial charge in [-0.25, -0.2) is 0 Å². The molecule has 3 heteroatoms. The first kappa shape index (κ1) is 17.3. The maximum atomic E-state index is 11.9. The van der Waals surface area contributed by atoms with Crippen LogP contribution in [0.25, 0.3) is 0 Å². The Hall–Kier alpha value is -1.79. The molecule has 0 saturated heterocycles. The van der Waals surface area contributed by atoms with Crippen LogP contribution in [0.3, 0.4) is 0 Å². The number of aliphatic hydroxyl groups excluding tert-OH is 1. The molecule has 1 rings (SSSR count). The second-order valence-corrected chi connectivity index (χ2v) is 6.42. The van der Waals surface area contributed by atoms with Gasteiger partial charge in [-0.3, -0.25) is 4.79 Å². The summed E-state index contributed by atoms with van der Waals surface area (Å²) in [5, 5.41) is 11.7. The van der Waals surface area contributed by atoms with Crippen molar-refractivity contribution < 1.29 is 9.90 Å². The fraction of sp³-hybridized carbons (Fsp3) is 0.500. The van der Waals surface area contributed by atoms with Crippen molar-refractivity contribution in [3.8, 4) is 11.8 Å². The van der Waals surface area contributed by atoms with Crippen LogP contribution < -0.4 is 5.32 Å². The largest absolute Gasteiger partial charge is 0.395 e. The summed E-state index contributed by atoms with van der Waals surface area (Å²) >= 11 is 0. The zero-order valence-corrected chi connectivity index (χ0v) is 13.4. The van der Waals surface area contributed by atoms with Crippen molar-refractivity contribution in [3.63, 3.8) is 0 Å². The van der Waals surface area contributed by atoms with Gasteiger partial charge < -0.3 is 10.4 Å². The lowest BCUT2D eigenvalue weighted by atomic mass is 9.91. The zero-order valence-electron chi connectivity index (χ0n) is 13.4. The van der Waals surface area contributed by atoms with Gasteiger partial charge in [0.1, 0.15) is 0 Å². The van der Waals surface area contributed by atoms with Crippen LogP contribution in [0.5, 0.6) is 0 Å². The number of hydrogen-bond acceptors (Lipinski definition) is 2. The van der Waals surface area contributed by atoms with E-state index >= 15 is 0 Å². The average Bonchev–Trinajstić information content (AvgIpc) is 2.37. The summed E-state index contributed by atoms with van der Waals surface area (Å²) in [5.74, 6) is 5.95. The molecule has 1 atom stereocenters. The van der Waals surface area contributed by atoms with Gasteiger partial charge in [0.15, 0.2) is 0 Å². The van der Waals surface area contributed by atoms with Crippen molar-refractivity contribution in [2.75, 3.05) is 6.61 Å². The molecule has 0 heterocycles. The first-order valence-corrected chi connectivity index (χ1v) is 7.31. The predicted octanol–water partition coefficient (Wildman–Crippen LogP) is 3.03. The van der Waals surface area contributed by atoms with E-state index in [9.17, 15) is 4.79 Å². The Kier molecular flexibility index (Phi) is 6.45. The lowest BCUT2D eigenvalue weighted by molar-refractivity contribution is -0.123. The van der Waals surface area contributed by atoms with Gasteiger partial charge >= 0.3 is 0 Å². The quantitative estimate of drug-likeness (QED) is 0.836. The van der Waals surface area contributed by atoms with Crippen LogP contribution in [0.2, 0.25) is 0 Å². The summed E-state index contributed by atoms with van der Waals surface area (Å²) in [5.41, 5.74) is 1.97. The molecule has 0 bridgehead atoms. The predicted molar refractivity (Wildman–Crippen MR) is 85.7 cm³/mol. The van der Waals surface area contributed by atoms with Crippen molar-refractivity contribution in [1.29, 1.82) is 0 Å². The normalized spacial score (nSPS) is 12.2. The van der Waals surface area contributed by atoms with Crippen molar-refractivity contribution in [2.24, 2.45) is 5.41 Å². The third-order valence-corrected chi connectivity index (χ3v) is 2.95. The summed E-state index contributed by atoms with van der Waals surface area (Å²) in [6, 6.07) is 7.81. The van der Waals surface area contributed by atoms with E-state index in [2.05, 4.69) is 37.9 Å².